The maximum atomic E-state index is 13.4. The van der Waals surface area contributed by atoms with Crippen LogP contribution in [0.1, 0.15) is 5.56 Å². The van der Waals surface area contributed by atoms with Crippen molar-refractivity contribution >= 4 is 43.7 Å². The molecular formula is C22H24N4O4S. The number of carbonyl (C=O) groups excluding carboxylic acids is 1. The van der Waals surface area contributed by atoms with Crippen LogP contribution in [0.15, 0.2) is 45.6 Å². The number of aromatic nitrogens is 2. The van der Waals surface area contributed by atoms with Crippen LogP contribution in [0.4, 0.5) is 5.13 Å². The molecule has 0 unspecified atom stereocenters. The third-order valence-corrected chi connectivity index (χ3v) is 6.30. The first-order valence-electron chi connectivity index (χ1n) is 9.86. The van der Waals surface area contributed by atoms with Crippen LogP contribution in [0.2, 0.25) is 0 Å². The Labute approximate surface area is 183 Å². The summed E-state index contributed by atoms with van der Waals surface area (Å²) in [6.07, 6.45) is 0. The zero-order valence-corrected chi connectivity index (χ0v) is 18.7. The number of hydrogen-bond acceptors (Lipinski definition) is 7. The molecule has 0 atom stereocenters. The highest BCUT2D eigenvalue weighted by molar-refractivity contribution is 7.22. The number of ether oxygens (including phenoxy) is 1. The summed E-state index contributed by atoms with van der Waals surface area (Å²) < 4.78 is 13.1. The molecule has 1 amide bonds. The Morgan fingerprint density at radius 2 is 1.97 bits per heavy atom. The van der Waals surface area contributed by atoms with Crippen molar-refractivity contribution in [3.8, 4) is 5.75 Å². The Balaban J connectivity index is 1.73. The van der Waals surface area contributed by atoms with E-state index in [-0.39, 0.29) is 12.5 Å². The highest BCUT2D eigenvalue weighted by Crippen LogP contribution is 2.36. The number of likely N-dealkylation sites (N-methyl/N-ethyl adjacent to an activating group) is 1. The molecule has 0 radical (unpaired) electrons. The topological polar surface area (TPSA) is 80.8 Å². The molecule has 0 spiro atoms. The monoisotopic (exact) mass is 440 g/mol. The second-order valence-corrected chi connectivity index (χ2v) is 8.51. The summed E-state index contributed by atoms with van der Waals surface area (Å²) in [6.45, 7) is 2.97. The lowest BCUT2D eigenvalue weighted by Gasteiger charge is -2.22. The lowest BCUT2D eigenvalue weighted by atomic mass is 10.2. The molecular weight excluding hydrogens is 416 g/mol. The minimum atomic E-state index is -0.552. The Morgan fingerprint density at radius 1 is 1.19 bits per heavy atom. The highest BCUT2D eigenvalue weighted by Gasteiger charge is 2.23. The molecule has 2 aromatic carbocycles. The van der Waals surface area contributed by atoms with Crippen molar-refractivity contribution in [2.24, 2.45) is 0 Å². The number of para-hydroxylation sites is 2. The lowest BCUT2D eigenvalue weighted by molar-refractivity contribution is -0.119. The summed E-state index contributed by atoms with van der Waals surface area (Å²) >= 11 is 1.45. The van der Waals surface area contributed by atoms with Gasteiger partial charge in [-0.1, -0.05) is 29.5 Å². The normalized spacial score (nSPS) is 11.5. The zero-order valence-electron chi connectivity index (χ0n) is 17.9. The van der Waals surface area contributed by atoms with Crippen LogP contribution in [0.3, 0.4) is 0 Å². The molecule has 0 aliphatic rings. The van der Waals surface area contributed by atoms with Crippen molar-refractivity contribution < 1.29 is 13.9 Å². The first kappa shape index (κ1) is 21.1. The smallest absolute Gasteiger partial charge is 0.420 e. The van der Waals surface area contributed by atoms with Crippen molar-refractivity contribution in [3.05, 3.63) is 52.5 Å². The van der Waals surface area contributed by atoms with Gasteiger partial charge < -0.3 is 14.1 Å². The summed E-state index contributed by atoms with van der Waals surface area (Å²) in [5.41, 5.74) is 2.85. The van der Waals surface area contributed by atoms with Crippen LogP contribution in [0, 0.1) is 6.92 Å². The predicted octanol–water partition coefficient (Wildman–Crippen LogP) is 3.12. The number of anilines is 1. The molecule has 0 saturated heterocycles. The van der Waals surface area contributed by atoms with Crippen LogP contribution in [-0.4, -0.2) is 54.7 Å². The van der Waals surface area contributed by atoms with Crippen LogP contribution >= 0.6 is 11.3 Å². The molecule has 0 fully saturated rings. The quantitative estimate of drug-likeness (QED) is 0.439. The summed E-state index contributed by atoms with van der Waals surface area (Å²) in [4.78, 5) is 34.1. The van der Waals surface area contributed by atoms with E-state index < -0.39 is 5.76 Å². The van der Waals surface area contributed by atoms with E-state index in [1.165, 1.54) is 15.9 Å². The number of thiazole rings is 1. The molecule has 31 heavy (non-hydrogen) atoms. The minimum Gasteiger partial charge on any atom is -0.494 e. The third-order valence-electron chi connectivity index (χ3n) is 5.08. The molecule has 4 rings (SSSR count). The van der Waals surface area contributed by atoms with E-state index in [4.69, 9.17) is 14.1 Å². The third kappa shape index (κ3) is 4.06. The van der Waals surface area contributed by atoms with Gasteiger partial charge in [0.15, 0.2) is 10.7 Å². The maximum absolute atomic E-state index is 13.4. The van der Waals surface area contributed by atoms with Gasteiger partial charge in [0.05, 0.1) is 17.3 Å². The van der Waals surface area contributed by atoms with Gasteiger partial charge in [0.25, 0.3) is 0 Å². The molecule has 0 aliphatic heterocycles. The summed E-state index contributed by atoms with van der Waals surface area (Å²) in [7, 11) is 5.50. The number of amides is 1. The van der Waals surface area contributed by atoms with E-state index in [0.29, 0.717) is 35.1 Å². The van der Waals surface area contributed by atoms with E-state index in [0.717, 1.165) is 15.8 Å². The second kappa shape index (κ2) is 8.52. The summed E-state index contributed by atoms with van der Waals surface area (Å²) in [5.74, 6) is -0.116. The average molecular weight is 441 g/mol. The van der Waals surface area contributed by atoms with Gasteiger partial charge >= 0.3 is 5.76 Å². The van der Waals surface area contributed by atoms with E-state index in [9.17, 15) is 9.59 Å². The predicted molar refractivity (Wildman–Crippen MR) is 122 cm³/mol. The molecule has 8 nitrogen and oxygen atoms in total. The number of benzene rings is 2. The van der Waals surface area contributed by atoms with Gasteiger partial charge in [0.1, 0.15) is 17.8 Å². The summed E-state index contributed by atoms with van der Waals surface area (Å²) in [5, 5.41) is 0.579. The molecule has 9 heteroatoms. The van der Waals surface area contributed by atoms with Crippen LogP contribution < -0.4 is 15.4 Å². The van der Waals surface area contributed by atoms with Crippen molar-refractivity contribution in [2.45, 2.75) is 13.5 Å². The van der Waals surface area contributed by atoms with Gasteiger partial charge in [-0.15, -0.1) is 0 Å². The van der Waals surface area contributed by atoms with Crippen molar-refractivity contribution in [1.29, 1.82) is 0 Å². The fourth-order valence-corrected chi connectivity index (χ4v) is 4.48. The fraction of sp³-hybridized carbons (Fsp3) is 0.318. The van der Waals surface area contributed by atoms with Gasteiger partial charge in [-0.3, -0.25) is 14.3 Å². The van der Waals surface area contributed by atoms with Crippen LogP contribution in [0.5, 0.6) is 5.75 Å². The second-order valence-electron chi connectivity index (χ2n) is 7.53. The number of hydrogen-bond donors (Lipinski definition) is 0. The minimum absolute atomic E-state index is 0.130. The molecule has 2 heterocycles. The van der Waals surface area contributed by atoms with Gasteiger partial charge in [-0.05, 0) is 44.8 Å². The maximum Gasteiger partial charge on any atom is 0.420 e. The average Bonchev–Trinajstić information content (AvgIpc) is 3.31. The van der Waals surface area contributed by atoms with Gasteiger partial charge in [0, 0.05) is 13.1 Å². The van der Waals surface area contributed by atoms with E-state index in [1.54, 1.807) is 30.2 Å². The fourth-order valence-electron chi connectivity index (χ4n) is 3.39. The van der Waals surface area contributed by atoms with Gasteiger partial charge in [-0.2, -0.15) is 0 Å². The molecule has 4 aromatic rings. The number of nitrogens with zero attached hydrogens (tertiary/aromatic N) is 4. The van der Waals surface area contributed by atoms with Crippen LogP contribution in [0.25, 0.3) is 21.3 Å². The Bertz CT molecular complexity index is 1300. The molecule has 0 saturated carbocycles. The molecule has 2 aromatic heterocycles. The lowest BCUT2D eigenvalue weighted by Crippen LogP contribution is -2.39. The Kier molecular flexibility index (Phi) is 5.79. The number of oxazole rings is 1. The van der Waals surface area contributed by atoms with Crippen LogP contribution in [-0.2, 0) is 11.3 Å². The first-order valence-corrected chi connectivity index (χ1v) is 10.7. The highest BCUT2D eigenvalue weighted by atomic mass is 32.1. The SMILES string of the molecule is COc1ccc(C)c2sc(N(CCN(C)C)C(=O)Cn3c(=O)oc4ccccc43)nc12. The number of aryl methyl sites for hydroxylation is 1. The van der Waals surface area contributed by atoms with Crippen molar-refractivity contribution in [2.75, 3.05) is 39.2 Å². The Morgan fingerprint density at radius 3 is 2.71 bits per heavy atom. The number of rotatable bonds is 7. The van der Waals surface area contributed by atoms with Crippen molar-refractivity contribution in [1.82, 2.24) is 14.5 Å². The van der Waals surface area contributed by atoms with E-state index >= 15 is 0 Å². The van der Waals surface area contributed by atoms with E-state index in [1.807, 2.05) is 44.1 Å². The first-order chi connectivity index (χ1) is 14.9. The largest absolute Gasteiger partial charge is 0.494 e. The Hall–Kier alpha value is -3.17. The number of carbonyl (C=O) groups is 1. The van der Waals surface area contributed by atoms with Crippen molar-refractivity contribution in [3.63, 3.8) is 0 Å². The molecule has 0 N–H and O–H groups in total. The van der Waals surface area contributed by atoms with Gasteiger partial charge in [-0.25, -0.2) is 9.78 Å². The molecule has 162 valence electrons. The molecule has 0 bridgehead atoms. The number of fused-ring (bicyclic) bond motifs is 2. The number of methoxy groups -OCH3 is 1. The van der Waals surface area contributed by atoms with E-state index in [2.05, 4.69) is 0 Å². The standard InChI is InChI=1S/C22H24N4O4S/c1-14-9-10-17(29-4)19-20(14)31-21(23-19)25(12-11-24(2)3)18(27)13-26-15-7-5-6-8-16(15)30-22(26)28/h5-10H,11-13H2,1-4H3. The zero-order chi connectivity index (χ0) is 22.1. The molecule has 0 aliphatic carbocycles. The summed E-state index contributed by atoms with van der Waals surface area (Å²) in [6, 6.07) is 10.9. The van der Waals surface area contributed by atoms with Gasteiger partial charge in [0.2, 0.25) is 5.91 Å².